The summed E-state index contributed by atoms with van der Waals surface area (Å²) in [6, 6.07) is 1.49. The fourth-order valence-electron chi connectivity index (χ4n) is 3.79. The minimum Gasteiger partial charge on any atom is -0.375 e. The molecule has 3 heteroatoms. The fraction of sp³-hybridized carbons (Fsp3) is 1.00. The van der Waals surface area contributed by atoms with Gasteiger partial charge in [-0.25, -0.2) is 0 Å². The third-order valence-corrected chi connectivity index (χ3v) is 4.54. The molecule has 1 N–H and O–H groups in total. The van der Waals surface area contributed by atoms with Crippen LogP contribution in [0.5, 0.6) is 0 Å². The summed E-state index contributed by atoms with van der Waals surface area (Å²) in [7, 11) is 0. The lowest BCUT2D eigenvalue weighted by atomic mass is 9.94. The monoisotopic (exact) mass is 224 g/mol. The van der Waals surface area contributed by atoms with Crippen LogP contribution >= 0.6 is 0 Å². The van der Waals surface area contributed by atoms with Crippen molar-refractivity contribution in [1.82, 2.24) is 10.2 Å². The molecule has 3 aliphatic rings. The number of hydrogen-bond donors (Lipinski definition) is 1. The zero-order valence-corrected chi connectivity index (χ0v) is 10.3. The summed E-state index contributed by atoms with van der Waals surface area (Å²) in [6.45, 7) is 6.86. The Balaban J connectivity index is 1.67. The van der Waals surface area contributed by atoms with Crippen LogP contribution in [0.15, 0.2) is 0 Å². The quantitative estimate of drug-likeness (QED) is 0.725. The number of fused-ring (bicyclic) bond motifs is 1. The van der Waals surface area contributed by atoms with Crippen molar-refractivity contribution in [3.63, 3.8) is 0 Å². The molecule has 0 aromatic carbocycles. The second-order valence-electron chi connectivity index (χ2n) is 5.80. The summed E-state index contributed by atoms with van der Waals surface area (Å²) in [6.07, 6.45) is 5.93. The highest BCUT2D eigenvalue weighted by Crippen LogP contribution is 2.32. The van der Waals surface area contributed by atoms with Gasteiger partial charge in [-0.05, 0) is 38.1 Å². The fourth-order valence-corrected chi connectivity index (χ4v) is 3.79. The molecule has 92 valence electrons. The third-order valence-electron chi connectivity index (χ3n) is 4.54. The van der Waals surface area contributed by atoms with E-state index < -0.39 is 0 Å². The van der Waals surface area contributed by atoms with Gasteiger partial charge in [0.25, 0.3) is 0 Å². The smallest absolute Gasteiger partial charge is 0.0731 e. The van der Waals surface area contributed by atoms with Gasteiger partial charge in [0.05, 0.1) is 12.7 Å². The van der Waals surface area contributed by atoms with Crippen LogP contribution in [0.4, 0.5) is 0 Å². The Labute approximate surface area is 98.5 Å². The van der Waals surface area contributed by atoms with E-state index in [1.165, 1.54) is 38.8 Å². The van der Waals surface area contributed by atoms with E-state index in [1.54, 1.807) is 0 Å². The number of ether oxygens (including phenoxy) is 1. The SMILES string of the molecule is CC1CNCC(N2CCOC3CCCC32)C1. The molecule has 0 radical (unpaired) electrons. The molecule has 0 bridgehead atoms. The van der Waals surface area contributed by atoms with Crippen LogP contribution in [-0.4, -0.2) is 49.3 Å². The zero-order valence-electron chi connectivity index (χ0n) is 10.3. The average Bonchev–Trinajstić information content (AvgIpc) is 2.76. The van der Waals surface area contributed by atoms with Crippen LogP contribution in [0, 0.1) is 5.92 Å². The van der Waals surface area contributed by atoms with E-state index in [2.05, 4.69) is 17.1 Å². The maximum atomic E-state index is 5.89. The van der Waals surface area contributed by atoms with E-state index in [0.29, 0.717) is 6.10 Å². The number of nitrogens with one attached hydrogen (secondary N) is 1. The Hall–Kier alpha value is -0.120. The lowest BCUT2D eigenvalue weighted by Crippen LogP contribution is -2.57. The normalized spacial score (nSPS) is 45.6. The molecular weight excluding hydrogens is 200 g/mol. The molecule has 1 aliphatic carbocycles. The first-order chi connectivity index (χ1) is 7.84. The first-order valence-corrected chi connectivity index (χ1v) is 6.92. The molecule has 2 heterocycles. The maximum Gasteiger partial charge on any atom is 0.0731 e. The van der Waals surface area contributed by atoms with Gasteiger partial charge in [0, 0.05) is 25.2 Å². The molecule has 0 aromatic rings. The third kappa shape index (κ3) is 2.01. The zero-order chi connectivity index (χ0) is 11.0. The Bertz CT molecular complexity index is 246. The van der Waals surface area contributed by atoms with E-state index in [0.717, 1.165) is 31.2 Å². The van der Waals surface area contributed by atoms with Crippen molar-refractivity contribution >= 4 is 0 Å². The predicted molar refractivity (Wildman–Crippen MR) is 64.5 cm³/mol. The highest BCUT2D eigenvalue weighted by atomic mass is 16.5. The van der Waals surface area contributed by atoms with Gasteiger partial charge in [0.1, 0.15) is 0 Å². The Morgan fingerprint density at radius 1 is 1.25 bits per heavy atom. The summed E-state index contributed by atoms with van der Waals surface area (Å²) in [5.74, 6) is 0.835. The van der Waals surface area contributed by atoms with Gasteiger partial charge in [0.2, 0.25) is 0 Å². The van der Waals surface area contributed by atoms with Crippen molar-refractivity contribution in [1.29, 1.82) is 0 Å². The molecule has 0 amide bonds. The lowest BCUT2D eigenvalue weighted by Gasteiger charge is -2.45. The summed E-state index contributed by atoms with van der Waals surface area (Å²) in [4.78, 5) is 2.75. The highest BCUT2D eigenvalue weighted by Gasteiger charge is 2.39. The molecule has 4 unspecified atom stereocenters. The molecular formula is C13H24N2O. The van der Waals surface area contributed by atoms with E-state index in [1.807, 2.05) is 0 Å². The first kappa shape index (κ1) is 11.0. The van der Waals surface area contributed by atoms with Crippen molar-refractivity contribution in [2.45, 2.75) is 50.8 Å². The van der Waals surface area contributed by atoms with Crippen LogP contribution in [0.25, 0.3) is 0 Å². The van der Waals surface area contributed by atoms with E-state index >= 15 is 0 Å². The van der Waals surface area contributed by atoms with Crippen LogP contribution in [0.3, 0.4) is 0 Å². The van der Waals surface area contributed by atoms with E-state index in [4.69, 9.17) is 4.74 Å². The second-order valence-corrected chi connectivity index (χ2v) is 5.80. The summed E-state index contributed by atoms with van der Waals surface area (Å²) >= 11 is 0. The number of hydrogen-bond acceptors (Lipinski definition) is 3. The Morgan fingerprint density at radius 3 is 3.06 bits per heavy atom. The molecule has 0 spiro atoms. The molecule has 16 heavy (non-hydrogen) atoms. The Morgan fingerprint density at radius 2 is 2.19 bits per heavy atom. The van der Waals surface area contributed by atoms with Gasteiger partial charge in [0.15, 0.2) is 0 Å². The van der Waals surface area contributed by atoms with Gasteiger partial charge in [-0.15, -0.1) is 0 Å². The molecule has 1 saturated carbocycles. The van der Waals surface area contributed by atoms with Crippen molar-refractivity contribution < 1.29 is 4.74 Å². The topological polar surface area (TPSA) is 24.5 Å². The van der Waals surface area contributed by atoms with Gasteiger partial charge < -0.3 is 10.1 Å². The van der Waals surface area contributed by atoms with Crippen molar-refractivity contribution in [2.75, 3.05) is 26.2 Å². The summed E-state index contributed by atoms with van der Waals surface area (Å²) < 4.78 is 5.89. The van der Waals surface area contributed by atoms with Crippen LogP contribution in [0.2, 0.25) is 0 Å². The van der Waals surface area contributed by atoms with Crippen LogP contribution in [-0.2, 0) is 4.74 Å². The van der Waals surface area contributed by atoms with Gasteiger partial charge in [-0.2, -0.15) is 0 Å². The van der Waals surface area contributed by atoms with Gasteiger partial charge >= 0.3 is 0 Å². The lowest BCUT2D eigenvalue weighted by molar-refractivity contribution is -0.0766. The number of nitrogens with zero attached hydrogens (tertiary/aromatic N) is 1. The summed E-state index contributed by atoms with van der Waals surface area (Å²) in [5.41, 5.74) is 0. The second kappa shape index (κ2) is 4.63. The molecule has 2 aliphatic heterocycles. The highest BCUT2D eigenvalue weighted by molar-refractivity contribution is 4.94. The average molecular weight is 224 g/mol. The minimum atomic E-state index is 0.547. The number of rotatable bonds is 1. The van der Waals surface area contributed by atoms with Gasteiger partial charge in [-0.1, -0.05) is 6.92 Å². The molecule has 3 rings (SSSR count). The number of morpholine rings is 1. The van der Waals surface area contributed by atoms with Crippen LogP contribution in [0.1, 0.15) is 32.6 Å². The first-order valence-electron chi connectivity index (χ1n) is 6.92. The molecule has 3 fully saturated rings. The Kier molecular flexibility index (Phi) is 3.18. The molecule has 3 nitrogen and oxygen atoms in total. The van der Waals surface area contributed by atoms with Crippen molar-refractivity contribution in [3.8, 4) is 0 Å². The number of piperidine rings is 1. The molecule has 4 atom stereocenters. The van der Waals surface area contributed by atoms with Crippen LogP contribution < -0.4 is 5.32 Å². The van der Waals surface area contributed by atoms with Crippen molar-refractivity contribution in [3.05, 3.63) is 0 Å². The molecule has 2 saturated heterocycles. The predicted octanol–water partition coefficient (Wildman–Crippen LogP) is 1.24. The minimum absolute atomic E-state index is 0.547. The molecule has 0 aromatic heterocycles. The van der Waals surface area contributed by atoms with Crippen molar-refractivity contribution in [2.24, 2.45) is 5.92 Å². The largest absolute Gasteiger partial charge is 0.375 e. The summed E-state index contributed by atoms with van der Waals surface area (Å²) in [5, 5.41) is 3.58. The standard InChI is InChI=1S/C13H24N2O/c1-10-7-11(9-14-8-10)15-5-6-16-13-4-2-3-12(13)15/h10-14H,2-9H2,1H3. The van der Waals surface area contributed by atoms with E-state index in [9.17, 15) is 0 Å². The maximum absolute atomic E-state index is 5.89. The van der Waals surface area contributed by atoms with E-state index in [-0.39, 0.29) is 0 Å². The van der Waals surface area contributed by atoms with Gasteiger partial charge in [-0.3, -0.25) is 4.90 Å².